The van der Waals surface area contributed by atoms with Gasteiger partial charge in [-0.25, -0.2) is 15.0 Å². The lowest BCUT2D eigenvalue weighted by atomic mass is 10.2. The zero-order valence-corrected chi connectivity index (χ0v) is 11.6. The normalized spacial score (nSPS) is 10.5. The maximum atomic E-state index is 8.62. The van der Waals surface area contributed by atoms with Crippen LogP contribution in [-0.4, -0.2) is 33.5 Å². The summed E-state index contributed by atoms with van der Waals surface area (Å²) in [5.74, 6) is 0.775. The molecule has 0 spiro atoms. The quantitative estimate of drug-likeness (QED) is 0.792. The molecule has 1 N–H and O–H groups in total. The lowest BCUT2D eigenvalue weighted by molar-refractivity contribution is 0.905. The zero-order chi connectivity index (χ0) is 14.7. The van der Waals surface area contributed by atoms with E-state index in [9.17, 15) is 0 Å². The van der Waals surface area contributed by atoms with Crippen molar-refractivity contribution in [1.29, 1.82) is 5.26 Å². The fourth-order valence-electron chi connectivity index (χ4n) is 2.12. The molecule has 0 aliphatic heterocycles. The van der Waals surface area contributed by atoms with E-state index in [4.69, 9.17) is 5.26 Å². The highest BCUT2D eigenvalue weighted by molar-refractivity contribution is 5.75. The van der Waals surface area contributed by atoms with Gasteiger partial charge in [0.25, 0.3) is 0 Å². The summed E-state index contributed by atoms with van der Waals surface area (Å²) in [6.45, 7) is 0.718. The Kier molecular flexibility index (Phi) is 3.48. The largest absolute Gasteiger partial charge is 0.374 e. The first-order chi connectivity index (χ1) is 10.3. The van der Waals surface area contributed by atoms with Crippen LogP contribution >= 0.6 is 0 Å². The van der Waals surface area contributed by atoms with Gasteiger partial charge in [-0.1, -0.05) is 0 Å². The number of rotatable bonds is 4. The second kappa shape index (κ2) is 5.59. The molecule has 0 aliphatic rings. The lowest BCUT2D eigenvalue weighted by Crippen LogP contribution is -2.17. The number of aromatic amines is 1. The molecule has 6 nitrogen and oxygen atoms in total. The number of hydrogen-bond donors (Lipinski definition) is 1. The minimum absolute atomic E-state index is 0.514. The van der Waals surface area contributed by atoms with Crippen molar-refractivity contribution < 1.29 is 0 Å². The molecule has 0 atom stereocenters. The molecule has 0 saturated heterocycles. The Bertz CT molecular complexity index is 751. The van der Waals surface area contributed by atoms with Crippen molar-refractivity contribution in [1.82, 2.24) is 19.9 Å². The third-order valence-electron chi connectivity index (χ3n) is 3.30. The van der Waals surface area contributed by atoms with Crippen LogP contribution in [0.2, 0.25) is 0 Å². The molecule has 2 aromatic heterocycles. The fourth-order valence-corrected chi connectivity index (χ4v) is 2.12. The Hall–Kier alpha value is -2.94. The van der Waals surface area contributed by atoms with Gasteiger partial charge in [0, 0.05) is 24.8 Å². The van der Waals surface area contributed by atoms with Crippen LogP contribution in [0.1, 0.15) is 6.42 Å². The summed E-state index contributed by atoms with van der Waals surface area (Å²) < 4.78 is 0. The van der Waals surface area contributed by atoms with Gasteiger partial charge in [0.15, 0.2) is 5.65 Å². The van der Waals surface area contributed by atoms with Crippen LogP contribution in [0.4, 0.5) is 5.69 Å². The van der Waals surface area contributed by atoms with Crippen LogP contribution in [0, 0.1) is 11.3 Å². The smallest absolute Gasteiger partial charge is 0.181 e. The molecule has 0 amide bonds. The molecule has 0 bridgehead atoms. The van der Waals surface area contributed by atoms with Crippen LogP contribution in [0.25, 0.3) is 22.6 Å². The first kappa shape index (κ1) is 13.1. The first-order valence-corrected chi connectivity index (χ1v) is 6.62. The van der Waals surface area contributed by atoms with E-state index in [1.54, 1.807) is 6.20 Å². The number of nitrogens with one attached hydrogen (secondary N) is 1. The van der Waals surface area contributed by atoms with Gasteiger partial charge in [-0.05, 0) is 24.3 Å². The number of imidazole rings is 1. The molecule has 3 aromatic rings. The van der Waals surface area contributed by atoms with Gasteiger partial charge in [0.2, 0.25) is 0 Å². The maximum Gasteiger partial charge on any atom is 0.181 e. The highest BCUT2D eigenvalue weighted by atomic mass is 15.1. The molecule has 0 fully saturated rings. The number of anilines is 1. The van der Waals surface area contributed by atoms with E-state index < -0.39 is 0 Å². The third kappa shape index (κ3) is 2.67. The molecule has 3 rings (SSSR count). The van der Waals surface area contributed by atoms with Gasteiger partial charge in [0.1, 0.15) is 17.7 Å². The van der Waals surface area contributed by atoms with Crippen molar-refractivity contribution >= 4 is 16.9 Å². The standard InChI is InChI=1S/C15H14N6/c1-21(8-2-7-16)12-5-3-11(4-6-12)14-19-13-9-17-10-18-15(13)20-14/h3-6,9-10H,2,8H2,1H3,(H,17,18,19,20). The molecule has 2 heterocycles. The molecule has 0 aliphatic carbocycles. The molecule has 104 valence electrons. The summed E-state index contributed by atoms with van der Waals surface area (Å²) >= 11 is 0. The van der Waals surface area contributed by atoms with Gasteiger partial charge in [-0.3, -0.25) is 0 Å². The lowest BCUT2D eigenvalue weighted by Gasteiger charge is -2.17. The SMILES string of the molecule is CN(CCC#N)c1ccc(-c2nc3ncncc3[nH]2)cc1. The van der Waals surface area contributed by atoms with Crippen molar-refractivity contribution in [2.75, 3.05) is 18.5 Å². The van der Waals surface area contributed by atoms with Crippen LogP contribution in [0.3, 0.4) is 0 Å². The Morgan fingerprint density at radius 2 is 2.10 bits per heavy atom. The number of H-pyrrole nitrogens is 1. The average Bonchev–Trinajstić information content (AvgIpc) is 2.96. The van der Waals surface area contributed by atoms with Crippen LogP contribution < -0.4 is 4.90 Å². The summed E-state index contributed by atoms with van der Waals surface area (Å²) in [6.07, 6.45) is 3.71. The van der Waals surface area contributed by atoms with Crippen LogP contribution in [-0.2, 0) is 0 Å². The highest BCUT2D eigenvalue weighted by Gasteiger charge is 2.07. The molecular formula is C15H14N6. The number of nitriles is 1. The average molecular weight is 278 g/mol. The predicted molar refractivity (Wildman–Crippen MR) is 80.6 cm³/mol. The summed E-state index contributed by atoms with van der Waals surface area (Å²) in [4.78, 5) is 17.8. The Labute approximate surface area is 122 Å². The van der Waals surface area contributed by atoms with Crippen molar-refractivity contribution in [2.45, 2.75) is 6.42 Å². The molecule has 21 heavy (non-hydrogen) atoms. The van der Waals surface area contributed by atoms with Gasteiger partial charge in [-0.15, -0.1) is 0 Å². The monoisotopic (exact) mass is 278 g/mol. The molecule has 0 radical (unpaired) electrons. The van der Waals surface area contributed by atoms with E-state index in [-0.39, 0.29) is 0 Å². The Morgan fingerprint density at radius 1 is 1.29 bits per heavy atom. The number of benzene rings is 1. The van der Waals surface area contributed by atoms with Crippen LogP contribution in [0.5, 0.6) is 0 Å². The summed E-state index contributed by atoms with van der Waals surface area (Å²) in [5.41, 5.74) is 3.55. The molecule has 1 aromatic carbocycles. The number of aromatic nitrogens is 4. The first-order valence-electron chi connectivity index (χ1n) is 6.62. The van der Waals surface area contributed by atoms with Crippen LogP contribution in [0.15, 0.2) is 36.8 Å². The topological polar surface area (TPSA) is 81.5 Å². The van der Waals surface area contributed by atoms with Crippen molar-refractivity contribution in [2.24, 2.45) is 0 Å². The van der Waals surface area contributed by atoms with E-state index >= 15 is 0 Å². The summed E-state index contributed by atoms with van der Waals surface area (Å²) in [5, 5.41) is 8.62. The highest BCUT2D eigenvalue weighted by Crippen LogP contribution is 2.22. The van der Waals surface area contributed by atoms with E-state index in [1.165, 1.54) is 6.33 Å². The van der Waals surface area contributed by atoms with E-state index in [0.29, 0.717) is 12.1 Å². The van der Waals surface area contributed by atoms with Gasteiger partial charge in [-0.2, -0.15) is 5.26 Å². The fraction of sp³-hybridized carbons (Fsp3) is 0.200. The Balaban J connectivity index is 1.85. The van der Waals surface area contributed by atoms with Crippen molar-refractivity contribution in [3.05, 3.63) is 36.8 Å². The second-order valence-corrected chi connectivity index (χ2v) is 4.72. The second-order valence-electron chi connectivity index (χ2n) is 4.72. The predicted octanol–water partition coefficient (Wildman–Crippen LogP) is 2.37. The van der Waals surface area contributed by atoms with Gasteiger partial charge in [0.05, 0.1) is 18.7 Å². The molecule has 0 saturated carbocycles. The minimum Gasteiger partial charge on any atom is -0.374 e. The van der Waals surface area contributed by atoms with Crippen molar-refractivity contribution in [3.8, 4) is 17.5 Å². The minimum atomic E-state index is 0.514. The summed E-state index contributed by atoms with van der Waals surface area (Å²) in [7, 11) is 1.98. The molecule has 6 heteroatoms. The van der Waals surface area contributed by atoms with E-state index in [0.717, 1.165) is 29.1 Å². The third-order valence-corrected chi connectivity index (χ3v) is 3.30. The number of hydrogen-bond acceptors (Lipinski definition) is 5. The van der Waals surface area contributed by atoms with Crippen molar-refractivity contribution in [3.63, 3.8) is 0 Å². The zero-order valence-electron chi connectivity index (χ0n) is 11.6. The number of fused-ring (bicyclic) bond motifs is 1. The van der Waals surface area contributed by atoms with E-state index in [2.05, 4.69) is 30.9 Å². The van der Waals surface area contributed by atoms with Gasteiger partial charge >= 0.3 is 0 Å². The van der Waals surface area contributed by atoms with E-state index in [1.807, 2.05) is 31.3 Å². The van der Waals surface area contributed by atoms with Gasteiger partial charge < -0.3 is 9.88 Å². The molecule has 0 unspecified atom stereocenters. The molecular weight excluding hydrogens is 264 g/mol. The maximum absolute atomic E-state index is 8.62. The number of nitrogens with zero attached hydrogens (tertiary/aromatic N) is 5. The summed E-state index contributed by atoms with van der Waals surface area (Å²) in [6, 6.07) is 10.2. The Morgan fingerprint density at radius 3 is 2.81 bits per heavy atom.